The number of hydrogen-bond donors (Lipinski definition) is 0. The van der Waals surface area contributed by atoms with Crippen LogP contribution in [0.2, 0.25) is 0 Å². The van der Waals surface area contributed by atoms with Gasteiger partial charge in [-0.3, -0.25) is 14.5 Å². The molecule has 1 aliphatic heterocycles. The van der Waals surface area contributed by atoms with E-state index in [2.05, 4.69) is 0 Å². The van der Waals surface area contributed by atoms with Gasteiger partial charge in [0.15, 0.2) is 5.78 Å². The molecule has 3 rings (SSSR count). The number of carbonyl (C=O) groups excluding carboxylic acids is 3. The molecule has 1 aliphatic rings. The lowest BCUT2D eigenvalue weighted by Gasteiger charge is -2.16. The van der Waals surface area contributed by atoms with Crippen LogP contribution in [0.4, 0.5) is 0 Å². The molecule has 28 heavy (non-hydrogen) atoms. The molecule has 0 radical (unpaired) electrons. The second-order valence-corrected chi connectivity index (χ2v) is 7.65. The van der Waals surface area contributed by atoms with Gasteiger partial charge in [-0.15, -0.1) is 0 Å². The van der Waals surface area contributed by atoms with E-state index in [-0.39, 0.29) is 30.1 Å². The first-order valence-corrected chi connectivity index (χ1v) is 9.92. The minimum atomic E-state index is -0.517. The van der Waals surface area contributed by atoms with Crippen molar-refractivity contribution in [3.63, 3.8) is 0 Å². The molecule has 1 atom stereocenters. The minimum absolute atomic E-state index is 0.105. The summed E-state index contributed by atoms with van der Waals surface area (Å²) in [6.45, 7) is 3.62. The SMILES string of the molecule is CCOC(=O)/C=C1\S[C@@H](C)C(=O)N1CC(=O)c1ccc(-c2ccccc2)cc1. The zero-order valence-corrected chi connectivity index (χ0v) is 16.6. The summed E-state index contributed by atoms with van der Waals surface area (Å²) in [5.74, 6) is -0.885. The minimum Gasteiger partial charge on any atom is -0.463 e. The fourth-order valence-corrected chi connectivity index (χ4v) is 3.93. The molecule has 2 aromatic rings. The van der Waals surface area contributed by atoms with Crippen LogP contribution in [-0.2, 0) is 14.3 Å². The van der Waals surface area contributed by atoms with Crippen LogP contribution in [0.5, 0.6) is 0 Å². The standard InChI is InChI=1S/C22H21NO4S/c1-3-27-21(25)13-20-23(22(26)15(2)28-20)14-19(24)18-11-9-17(10-12-18)16-7-5-4-6-8-16/h4-13,15H,3,14H2,1-2H3/b20-13-/t15-/m0/s1. The van der Waals surface area contributed by atoms with Crippen LogP contribution in [0.1, 0.15) is 24.2 Å². The van der Waals surface area contributed by atoms with E-state index in [9.17, 15) is 14.4 Å². The second kappa shape index (κ2) is 8.89. The molecular formula is C22H21NO4S. The van der Waals surface area contributed by atoms with E-state index in [0.717, 1.165) is 11.1 Å². The number of benzene rings is 2. The van der Waals surface area contributed by atoms with Crippen molar-refractivity contribution in [2.45, 2.75) is 19.1 Å². The first kappa shape index (κ1) is 19.9. The third-order valence-corrected chi connectivity index (χ3v) is 5.46. The number of hydrogen-bond acceptors (Lipinski definition) is 5. The van der Waals surface area contributed by atoms with Crippen molar-refractivity contribution in [1.29, 1.82) is 0 Å². The highest BCUT2D eigenvalue weighted by Gasteiger charge is 2.35. The first-order valence-electron chi connectivity index (χ1n) is 9.04. The molecule has 144 valence electrons. The molecule has 1 amide bonds. The summed E-state index contributed by atoms with van der Waals surface area (Å²) in [5.41, 5.74) is 2.61. The van der Waals surface area contributed by atoms with Crippen molar-refractivity contribution in [2.75, 3.05) is 13.2 Å². The summed E-state index contributed by atoms with van der Waals surface area (Å²) >= 11 is 1.26. The van der Waals surface area contributed by atoms with E-state index >= 15 is 0 Å². The van der Waals surface area contributed by atoms with Gasteiger partial charge in [0.05, 0.1) is 29.5 Å². The summed E-state index contributed by atoms with van der Waals surface area (Å²) in [4.78, 5) is 38.2. The Morgan fingerprint density at radius 3 is 2.36 bits per heavy atom. The number of thioether (sulfide) groups is 1. The molecule has 1 heterocycles. The van der Waals surface area contributed by atoms with Gasteiger partial charge in [0.25, 0.3) is 0 Å². The van der Waals surface area contributed by atoms with Gasteiger partial charge in [-0.25, -0.2) is 4.79 Å². The van der Waals surface area contributed by atoms with E-state index in [1.807, 2.05) is 42.5 Å². The fourth-order valence-electron chi connectivity index (χ4n) is 2.89. The second-order valence-electron chi connectivity index (χ2n) is 6.29. The maximum atomic E-state index is 12.7. The Balaban J connectivity index is 1.75. The lowest BCUT2D eigenvalue weighted by atomic mass is 10.0. The molecule has 1 saturated heterocycles. The molecule has 5 nitrogen and oxygen atoms in total. The zero-order chi connectivity index (χ0) is 20.1. The fraction of sp³-hybridized carbons (Fsp3) is 0.227. The van der Waals surface area contributed by atoms with Gasteiger partial charge >= 0.3 is 5.97 Å². The summed E-state index contributed by atoms with van der Waals surface area (Å²) in [5, 5.41) is 0.110. The van der Waals surface area contributed by atoms with Gasteiger partial charge in [0, 0.05) is 5.56 Å². The van der Waals surface area contributed by atoms with Crippen molar-refractivity contribution in [1.82, 2.24) is 4.90 Å². The Bertz CT molecular complexity index is 906. The zero-order valence-electron chi connectivity index (χ0n) is 15.8. The molecule has 1 fully saturated rings. The number of ketones is 1. The Labute approximate surface area is 168 Å². The molecule has 0 N–H and O–H groups in total. The Hall–Kier alpha value is -2.86. The average molecular weight is 395 g/mol. The van der Waals surface area contributed by atoms with Gasteiger partial charge in [-0.2, -0.15) is 0 Å². The predicted molar refractivity (Wildman–Crippen MR) is 110 cm³/mol. The van der Waals surface area contributed by atoms with Gasteiger partial charge in [0.2, 0.25) is 5.91 Å². The highest BCUT2D eigenvalue weighted by atomic mass is 32.2. The van der Waals surface area contributed by atoms with Crippen LogP contribution in [0.25, 0.3) is 11.1 Å². The van der Waals surface area contributed by atoms with Crippen LogP contribution in [0, 0.1) is 0 Å². The van der Waals surface area contributed by atoms with Crippen LogP contribution in [0.15, 0.2) is 65.7 Å². The summed E-state index contributed by atoms with van der Waals surface area (Å²) in [6.07, 6.45) is 1.28. The summed E-state index contributed by atoms with van der Waals surface area (Å²) < 4.78 is 4.92. The molecule has 0 bridgehead atoms. The third-order valence-electron chi connectivity index (χ3n) is 4.32. The number of carbonyl (C=O) groups is 3. The van der Waals surface area contributed by atoms with Crippen molar-refractivity contribution in [3.05, 3.63) is 71.3 Å². The van der Waals surface area contributed by atoms with Crippen LogP contribution >= 0.6 is 11.8 Å². The van der Waals surface area contributed by atoms with Gasteiger partial charge in [0.1, 0.15) is 0 Å². The molecule has 2 aromatic carbocycles. The number of nitrogens with zero attached hydrogens (tertiary/aromatic N) is 1. The van der Waals surface area contributed by atoms with E-state index in [0.29, 0.717) is 10.6 Å². The number of rotatable bonds is 6. The molecular weight excluding hydrogens is 374 g/mol. The quantitative estimate of drug-likeness (QED) is 0.422. The summed E-state index contributed by atoms with van der Waals surface area (Å²) in [7, 11) is 0. The van der Waals surface area contributed by atoms with Gasteiger partial charge in [-0.1, -0.05) is 66.4 Å². The van der Waals surface area contributed by atoms with Gasteiger partial charge < -0.3 is 4.74 Å². The maximum absolute atomic E-state index is 12.7. The number of esters is 1. The predicted octanol–water partition coefficient (Wildman–Crippen LogP) is 3.90. The highest BCUT2D eigenvalue weighted by molar-refractivity contribution is 8.04. The number of ether oxygens (including phenoxy) is 1. The largest absolute Gasteiger partial charge is 0.463 e. The van der Waals surface area contributed by atoms with Gasteiger partial charge in [-0.05, 0) is 25.0 Å². The first-order chi connectivity index (χ1) is 13.5. The smallest absolute Gasteiger partial charge is 0.333 e. The number of amides is 1. The molecule has 0 unspecified atom stereocenters. The molecule has 0 spiro atoms. The third kappa shape index (κ3) is 4.51. The molecule has 0 aliphatic carbocycles. The maximum Gasteiger partial charge on any atom is 0.333 e. The highest BCUT2D eigenvalue weighted by Crippen LogP contribution is 2.35. The van der Waals surface area contributed by atoms with E-state index < -0.39 is 5.97 Å². The van der Waals surface area contributed by atoms with Crippen molar-refractivity contribution in [3.8, 4) is 11.1 Å². The Morgan fingerprint density at radius 1 is 1.07 bits per heavy atom. The average Bonchev–Trinajstić information content (AvgIpc) is 2.96. The van der Waals surface area contributed by atoms with Crippen LogP contribution in [0.3, 0.4) is 0 Å². The number of Topliss-reactive ketones (excluding diaryl/α,β-unsaturated/α-hetero) is 1. The van der Waals surface area contributed by atoms with Crippen LogP contribution in [-0.4, -0.2) is 41.0 Å². The van der Waals surface area contributed by atoms with Crippen molar-refractivity contribution in [2.24, 2.45) is 0 Å². The molecule has 6 heteroatoms. The van der Waals surface area contributed by atoms with E-state index in [4.69, 9.17) is 4.74 Å². The van der Waals surface area contributed by atoms with Crippen molar-refractivity contribution < 1.29 is 19.1 Å². The topological polar surface area (TPSA) is 63.7 Å². The molecule has 0 saturated carbocycles. The summed E-state index contributed by atoms with van der Waals surface area (Å²) in [6, 6.07) is 17.2. The molecule has 0 aromatic heterocycles. The van der Waals surface area contributed by atoms with E-state index in [1.54, 1.807) is 26.0 Å². The van der Waals surface area contributed by atoms with Crippen molar-refractivity contribution >= 4 is 29.4 Å². The normalized spacial score (nSPS) is 17.8. The van der Waals surface area contributed by atoms with E-state index in [1.165, 1.54) is 22.7 Å². The Kier molecular flexibility index (Phi) is 6.31. The van der Waals surface area contributed by atoms with Crippen LogP contribution < -0.4 is 0 Å². The lowest BCUT2D eigenvalue weighted by molar-refractivity contribution is -0.137. The lowest BCUT2D eigenvalue weighted by Crippen LogP contribution is -2.33. The Morgan fingerprint density at radius 2 is 1.71 bits per heavy atom. The monoisotopic (exact) mass is 395 g/mol.